The lowest BCUT2D eigenvalue weighted by Crippen LogP contribution is -2.15. The minimum atomic E-state index is -0.140. The van der Waals surface area contributed by atoms with Crippen molar-refractivity contribution in [1.82, 2.24) is 0 Å². The first-order chi connectivity index (χ1) is 8.22. The molecule has 0 aromatic heterocycles. The highest BCUT2D eigenvalue weighted by Crippen LogP contribution is 2.07. The molecule has 1 atom stereocenters. The number of carbonyl (C=O) groups is 1. The lowest BCUT2D eigenvalue weighted by molar-refractivity contribution is -0.147. The lowest BCUT2D eigenvalue weighted by Gasteiger charge is -2.10. The fourth-order valence-corrected chi connectivity index (χ4v) is 1.28. The van der Waals surface area contributed by atoms with E-state index in [1.165, 1.54) is 0 Å². The number of aliphatic hydroxyl groups is 1. The summed E-state index contributed by atoms with van der Waals surface area (Å²) >= 11 is 0. The van der Waals surface area contributed by atoms with Gasteiger partial charge in [0.15, 0.2) is 0 Å². The van der Waals surface area contributed by atoms with Crippen LogP contribution in [-0.4, -0.2) is 50.7 Å². The average Bonchev–Trinajstić information content (AvgIpc) is 2.32. The normalized spacial score (nSPS) is 12.4. The third-order valence-electron chi connectivity index (χ3n) is 2.22. The summed E-state index contributed by atoms with van der Waals surface area (Å²) in [5.41, 5.74) is 0. The van der Waals surface area contributed by atoms with Crippen molar-refractivity contribution in [3.8, 4) is 0 Å². The minimum Gasteiger partial charge on any atom is -0.466 e. The maximum absolute atomic E-state index is 11.3. The second kappa shape index (κ2) is 11.8. The summed E-state index contributed by atoms with van der Waals surface area (Å²) in [6.07, 6.45) is 1.61. The predicted molar refractivity (Wildman–Crippen MR) is 63.8 cm³/mol. The summed E-state index contributed by atoms with van der Waals surface area (Å²) in [7, 11) is 0. The van der Waals surface area contributed by atoms with Crippen LogP contribution in [0.3, 0.4) is 0 Å². The molecule has 0 aliphatic rings. The highest BCUT2D eigenvalue weighted by atomic mass is 16.5. The van der Waals surface area contributed by atoms with Crippen LogP contribution in [0.4, 0.5) is 0 Å². The van der Waals surface area contributed by atoms with Crippen molar-refractivity contribution in [3.05, 3.63) is 0 Å². The van der Waals surface area contributed by atoms with Crippen LogP contribution < -0.4 is 0 Å². The highest BCUT2D eigenvalue weighted by Gasteiger charge is 2.12. The van der Waals surface area contributed by atoms with Gasteiger partial charge < -0.3 is 19.3 Å². The van der Waals surface area contributed by atoms with E-state index < -0.39 is 0 Å². The Morgan fingerprint density at radius 3 is 2.41 bits per heavy atom. The van der Waals surface area contributed by atoms with Gasteiger partial charge in [-0.15, -0.1) is 0 Å². The topological polar surface area (TPSA) is 65.0 Å². The number of ether oxygens (including phenoxy) is 3. The van der Waals surface area contributed by atoms with Gasteiger partial charge in [-0.2, -0.15) is 0 Å². The molecule has 0 aromatic rings. The van der Waals surface area contributed by atoms with E-state index in [-0.39, 0.29) is 18.5 Å². The van der Waals surface area contributed by atoms with E-state index in [1.54, 1.807) is 6.92 Å². The molecule has 0 saturated heterocycles. The van der Waals surface area contributed by atoms with E-state index in [1.807, 2.05) is 6.92 Å². The molecule has 0 radical (unpaired) electrons. The van der Waals surface area contributed by atoms with E-state index in [0.29, 0.717) is 33.0 Å². The Morgan fingerprint density at radius 1 is 1.18 bits per heavy atom. The number of carbonyl (C=O) groups excluding carboxylic acids is 1. The Morgan fingerprint density at radius 2 is 1.82 bits per heavy atom. The van der Waals surface area contributed by atoms with Crippen LogP contribution in [-0.2, 0) is 19.0 Å². The minimum absolute atomic E-state index is 0.0387. The van der Waals surface area contributed by atoms with Crippen molar-refractivity contribution >= 4 is 5.97 Å². The number of aliphatic hydroxyl groups excluding tert-OH is 1. The van der Waals surface area contributed by atoms with Crippen LogP contribution in [0.1, 0.15) is 26.7 Å². The summed E-state index contributed by atoms with van der Waals surface area (Å²) in [5, 5.41) is 8.45. The largest absolute Gasteiger partial charge is 0.466 e. The van der Waals surface area contributed by atoms with Crippen LogP contribution in [0, 0.1) is 5.92 Å². The van der Waals surface area contributed by atoms with Crippen molar-refractivity contribution < 1.29 is 24.1 Å². The third kappa shape index (κ3) is 10.2. The van der Waals surface area contributed by atoms with Gasteiger partial charge in [-0.3, -0.25) is 4.79 Å². The summed E-state index contributed by atoms with van der Waals surface area (Å²) in [6.45, 7) is 6.12. The number of rotatable bonds is 11. The predicted octanol–water partition coefficient (Wildman–Crippen LogP) is 0.991. The monoisotopic (exact) mass is 248 g/mol. The fourth-order valence-electron chi connectivity index (χ4n) is 1.28. The molecule has 0 aliphatic carbocycles. The molecular weight excluding hydrogens is 224 g/mol. The van der Waals surface area contributed by atoms with Gasteiger partial charge >= 0.3 is 5.97 Å². The van der Waals surface area contributed by atoms with Gasteiger partial charge in [0.2, 0.25) is 0 Å². The van der Waals surface area contributed by atoms with Crippen molar-refractivity contribution in [2.45, 2.75) is 26.7 Å². The molecular formula is C12H24O5. The first-order valence-electron chi connectivity index (χ1n) is 6.15. The van der Waals surface area contributed by atoms with Gasteiger partial charge in [0.05, 0.1) is 39.0 Å². The SMILES string of the molecule is CCOC(=O)[C@H](C)CCCOCCOCCO. The molecule has 0 aromatic carbocycles. The number of hydrogen-bond acceptors (Lipinski definition) is 5. The van der Waals surface area contributed by atoms with E-state index >= 15 is 0 Å². The van der Waals surface area contributed by atoms with Gasteiger partial charge in [-0.05, 0) is 19.8 Å². The first-order valence-corrected chi connectivity index (χ1v) is 6.15. The lowest BCUT2D eigenvalue weighted by atomic mass is 10.1. The molecule has 0 spiro atoms. The smallest absolute Gasteiger partial charge is 0.308 e. The zero-order chi connectivity index (χ0) is 12.9. The van der Waals surface area contributed by atoms with Crippen LogP contribution >= 0.6 is 0 Å². The molecule has 0 unspecified atom stereocenters. The second-order valence-electron chi connectivity index (χ2n) is 3.74. The highest BCUT2D eigenvalue weighted by molar-refractivity contribution is 5.71. The molecule has 102 valence electrons. The Kier molecular flexibility index (Phi) is 11.4. The van der Waals surface area contributed by atoms with Crippen molar-refractivity contribution in [2.75, 3.05) is 39.6 Å². The Hall–Kier alpha value is -0.650. The number of hydrogen-bond donors (Lipinski definition) is 1. The third-order valence-corrected chi connectivity index (χ3v) is 2.22. The molecule has 0 bridgehead atoms. The molecule has 0 aliphatic heterocycles. The quantitative estimate of drug-likeness (QED) is 0.436. The zero-order valence-corrected chi connectivity index (χ0v) is 10.8. The Labute approximate surface area is 103 Å². The molecule has 0 amide bonds. The average molecular weight is 248 g/mol. The summed E-state index contributed by atoms with van der Waals surface area (Å²) in [4.78, 5) is 11.3. The van der Waals surface area contributed by atoms with Gasteiger partial charge in [0, 0.05) is 6.61 Å². The maximum atomic E-state index is 11.3. The van der Waals surface area contributed by atoms with Crippen LogP contribution in [0.15, 0.2) is 0 Å². The summed E-state index contributed by atoms with van der Waals surface area (Å²) in [6, 6.07) is 0. The van der Waals surface area contributed by atoms with E-state index in [4.69, 9.17) is 19.3 Å². The van der Waals surface area contributed by atoms with Gasteiger partial charge in [0.25, 0.3) is 0 Å². The number of esters is 1. The molecule has 0 saturated carbocycles. The van der Waals surface area contributed by atoms with Gasteiger partial charge in [0.1, 0.15) is 0 Å². The Balaban J connectivity index is 3.24. The van der Waals surface area contributed by atoms with Gasteiger partial charge in [-0.1, -0.05) is 6.92 Å². The first kappa shape index (κ1) is 16.4. The second-order valence-corrected chi connectivity index (χ2v) is 3.74. The van der Waals surface area contributed by atoms with Crippen LogP contribution in [0.25, 0.3) is 0 Å². The van der Waals surface area contributed by atoms with Crippen LogP contribution in [0.5, 0.6) is 0 Å². The standard InChI is InChI=1S/C12H24O5/c1-3-17-12(14)11(2)5-4-7-15-9-10-16-8-6-13/h11,13H,3-10H2,1-2H3/t11-/m1/s1. The molecule has 1 N–H and O–H groups in total. The fraction of sp³-hybridized carbons (Fsp3) is 0.917. The molecule has 17 heavy (non-hydrogen) atoms. The van der Waals surface area contributed by atoms with E-state index in [9.17, 15) is 4.79 Å². The summed E-state index contributed by atoms with van der Waals surface area (Å²) < 4.78 is 15.2. The molecule has 0 rings (SSSR count). The van der Waals surface area contributed by atoms with E-state index in [0.717, 1.165) is 12.8 Å². The summed E-state index contributed by atoms with van der Waals surface area (Å²) in [5.74, 6) is -0.206. The maximum Gasteiger partial charge on any atom is 0.308 e. The molecule has 5 heteroatoms. The molecule has 0 heterocycles. The molecule has 5 nitrogen and oxygen atoms in total. The van der Waals surface area contributed by atoms with Gasteiger partial charge in [-0.25, -0.2) is 0 Å². The molecule has 0 fully saturated rings. The Bertz CT molecular complexity index is 184. The van der Waals surface area contributed by atoms with Crippen molar-refractivity contribution in [2.24, 2.45) is 5.92 Å². The zero-order valence-electron chi connectivity index (χ0n) is 10.8. The van der Waals surface area contributed by atoms with Crippen LogP contribution in [0.2, 0.25) is 0 Å². The van der Waals surface area contributed by atoms with Crippen molar-refractivity contribution in [1.29, 1.82) is 0 Å². The van der Waals surface area contributed by atoms with E-state index in [2.05, 4.69) is 0 Å². The van der Waals surface area contributed by atoms with Crippen molar-refractivity contribution in [3.63, 3.8) is 0 Å².